The maximum Gasteiger partial charge on any atom is 0.252 e. The van der Waals surface area contributed by atoms with Gasteiger partial charge in [-0.15, -0.1) is 0 Å². The van der Waals surface area contributed by atoms with E-state index >= 15 is 0 Å². The number of pyridine rings is 1. The minimum Gasteiger partial charge on any atom is -0.391 e. The van der Waals surface area contributed by atoms with E-state index in [2.05, 4.69) is 15.4 Å². The molecule has 1 aliphatic rings. The molecule has 6 nitrogen and oxygen atoms in total. The molecule has 2 aromatic heterocycles. The molecule has 1 atom stereocenters. The molecule has 0 saturated heterocycles. The molecular formula is C18H24N4O2. The van der Waals surface area contributed by atoms with Gasteiger partial charge in [-0.1, -0.05) is 12.8 Å². The molecule has 3 rings (SSSR count). The Kier molecular flexibility index (Phi) is 4.94. The predicted octanol–water partition coefficient (Wildman–Crippen LogP) is 2.17. The largest absolute Gasteiger partial charge is 0.391 e. The third kappa shape index (κ3) is 3.64. The highest BCUT2D eigenvalue weighted by Gasteiger charge is 2.23. The monoisotopic (exact) mass is 328 g/mol. The first-order valence-electron chi connectivity index (χ1n) is 8.50. The Morgan fingerprint density at radius 1 is 1.38 bits per heavy atom. The number of amides is 1. The Morgan fingerprint density at radius 3 is 2.71 bits per heavy atom. The van der Waals surface area contributed by atoms with Crippen LogP contribution >= 0.6 is 0 Å². The molecule has 1 saturated carbocycles. The summed E-state index contributed by atoms with van der Waals surface area (Å²) < 4.78 is 1.75. The van der Waals surface area contributed by atoms with Gasteiger partial charge < -0.3 is 10.4 Å². The summed E-state index contributed by atoms with van der Waals surface area (Å²) in [6.07, 6.45) is 5.54. The normalized spacial score (nSPS) is 16.3. The van der Waals surface area contributed by atoms with Crippen LogP contribution < -0.4 is 5.32 Å². The van der Waals surface area contributed by atoms with Gasteiger partial charge in [0.05, 0.1) is 17.4 Å². The minimum absolute atomic E-state index is 0.209. The Bertz CT molecular complexity index is 702. The lowest BCUT2D eigenvalue weighted by Crippen LogP contribution is -2.35. The first-order chi connectivity index (χ1) is 11.5. The van der Waals surface area contributed by atoms with Crippen molar-refractivity contribution >= 4 is 5.91 Å². The third-order valence-electron chi connectivity index (χ3n) is 4.65. The number of rotatable bonds is 5. The molecule has 6 heteroatoms. The van der Waals surface area contributed by atoms with E-state index in [4.69, 9.17) is 0 Å². The predicted molar refractivity (Wildman–Crippen MR) is 91.1 cm³/mol. The molecule has 0 aromatic carbocycles. The van der Waals surface area contributed by atoms with E-state index in [1.165, 1.54) is 12.8 Å². The van der Waals surface area contributed by atoms with Gasteiger partial charge in [-0.05, 0) is 50.8 Å². The van der Waals surface area contributed by atoms with Gasteiger partial charge in [-0.3, -0.25) is 4.79 Å². The molecule has 2 N–H and O–H groups in total. The SMILES string of the molecule is Cc1cc(C)n(-c2ccc(C(=O)NCC(O)C3CCCC3)cn2)n1. The number of aliphatic hydroxyl groups excluding tert-OH is 1. The maximum absolute atomic E-state index is 12.2. The average Bonchev–Trinajstić information content (AvgIpc) is 3.22. The van der Waals surface area contributed by atoms with Crippen LogP contribution in [0.3, 0.4) is 0 Å². The molecule has 24 heavy (non-hydrogen) atoms. The van der Waals surface area contributed by atoms with Crippen LogP contribution in [-0.2, 0) is 0 Å². The van der Waals surface area contributed by atoms with Gasteiger partial charge in [0.25, 0.3) is 5.91 Å². The van der Waals surface area contributed by atoms with Gasteiger partial charge in [0.15, 0.2) is 5.82 Å². The second kappa shape index (κ2) is 7.13. The van der Waals surface area contributed by atoms with E-state index in [0.29, 0.717) is 23.8 Å². The number of hydrogen-bond acceptors (Lipinski definition) is 4. The van der Waals surface area contributed by atoms with Crippen LogP contribution in [0.1, 0.15) is 47.4 Å². The van der Waals surface area contributed by atoms with Gasteiger partial charge in [0, 0.05) is 18.4 Å². The smallest absolute Gasteiger partial charge is 0.252 e. The molecule has 1 unspecified atom stereocenters. The summed E-state index contributed by atoms with van der Waals surface area (Å²) in [5.41, 5.74) is 2.41. The quantitative estimate of drug-likeness (QED) is 0.881. The van der Waals surface area contributed by atoms with E-state index in [1.54, 1.807) is 23.0 Å². The van der Waals surface area contributed by atoms with Crippen molar-refractivity contribution in [2.45, 2.75) is 45.6 Å². The van der Waals surface area contributed by atoms with E-state index in [1.807, 2.05) is 19.9 Å². The second-order valence-electron chi connectivity index (χ2n) is 6.57. The highest BCUT2D eigenvalue weighted by Crippen LogP contribution is 2.27. The molecule has 128 valence electrons. The summed E-state index contributed by atoms with van der Waals surface area (Å²) in [4.78, 5) is 16.5. The fraction of sp³-hybridized carbons (Fsp3) is 0.500. The number of carbonyl (C=O) groups is 1. The lowest BCUT2D eigenvalue weighted by Gasteiger charge is -2.18. The fourth-order valence-electron chi connectivity index (χ4n) is 3.31. The Balaban J connectivity index is 1.60. The van der Waals surface area contributed by atoms with Gasteiger partial charge in [0.2, 0.25) is 0 Å². The van der Waals surface area contributed by atoms with E-state index in [0.717, 1.165) is 24.2 Å². The average molecular weight is 328 g/mol. The van der Waals surface area contributed by atoms with E-state index < -0.39 is 6.10 Å². The number of aryl methyl sites for hydroxylation is 2. The van der Waals surface area contributed by atoms with Crippen molar-refractivity contribution in [3.05, 3.63) is 41.3 Å². The number of aliphatic hydroxyl groups is 1. The molecule has 0 spiro atoms. The topological polar surface area (TPSA) is 80.0 Å². The van der Waals surface area contributed by atoms with Crippen LogP contribution in [0.15, 0.2) is 24.4 Å². The molecule has 0 radical (unpaired) electrons. The number of aromatic nitrogens is 3. The number of carbonyl (C=O) groups excluding carboxylic acids is 1. The van der Waals surface area contributed by atoms with Crippen LogP contribution in [0.4, 0.5) is 0 Å². The summed E-state index contributed by atoms with van der Waals surface area (Å²) in [6, 6.07) is 5.49. The Labute approximate surface area is 141 Å². The molecule has 1 amide bonds. The first kappa shape index (κ1) is 16.6. The summed E-state index contributed by atoms with van der Waals surface area (Å²) in [5.74, 6) is 0.791. The summed E-state index contributed by atoms with van der Waals surface area (Å²) in [5, 5.41) is 17.3. The van der Waals surface area contributed by atoms with Crippen LogP contribution in [0.25, 0.3) is 5.82 Å². The van der Waals surface area contributed by atoms with E-state index in [9.17, 15) is 9.90 Å². The minimum atomic E-state index is -0.460. The summed E-state index contributed by atoms with van der Waals surface area (Å²) in [6.45, 7) is 4.19. The van der Waals surface area contributed by atoms with Gasteiger partial charge in [-0.25, -0.2) is 9.67 Å². The van der Waals surface area contributed by atoms with Crippen molar-refractivity contribution < 1.29 is 9.90 Å². The van der Waals surface area contributed by atoms with Crippen molar-refractivity contribution in [1.82, 2.24) is 20.1 Å². The van der Waals surface area contributed by atoms with Crippen LogP contribution in [-0.4, -0.2) is 38.4 Å². The van der Waals surface area contributed by atoms with Crippen molar-refractivity contribution in [2.24, 2.45) is 5.92 Å². The van der Waals surface area contributed by atoms with Gasteiger partial charge in [0.1, 0.15) is 0 Å². The second-order valence-corrected chi connectivity index (χ2v) is 6.57. The Morgan fingerprint density at radius 2 is 2.12 bits per heavy atom. The van der Waals surface area contributed by atoms with Gasteiger partial charge >= 0.3 is 0 Å². The molecule has 2 heterocycles. The number of nitrogens with zero attached hydrogens (tertiary/aromatic N) is 3. The maximum atomic E-state index is 12.2. The highest BCUT2D eigenvalue weighted by atomic mass is 16.3. The first-order valence-corrected chi connectivity index (χ1v) is 8.50. The van der Waals surface area contributed by atoms with Crippen LogP contribution in [0.5, 0.6) is 0 Å². The fourth-order valence-corrected chi connectivity index (χ4v) is 3.31. The zero-order chi connectivity index (χ0) is 17.1. The molecule has 2 aromatic rings. The number of nitrogens with one attached hydrogen (secondary N) is 1. The molecule has 1 fully saturated rings. The van der Waals surface area contributed by atoms with Crippen molar-refractivity contribution in [3.63, 3.8) is 0 Å². The van der Waals surface area contributed by atoms with Crippen LogP contribution in [0.2, 0.25) is 0 Å². The Hall–Kier alpha value is -2.21. The standard InChI is InChI=1S/C18H24N4O2/c1-12-9-13(2)22(21-12)17-8-7-15(10-19-17)18(24)20-11-16(23)14-5-3-4-6-14/h7-10,14,16,23H,3-6,11H2,1-2H3,(H,20,24). The number of hydrogen-bond donors (Lipinski definition) is 2. The third-order valence-corrected chi connectivity index (χ3v) is 4.65. The summed E-state index contributed by atoms with van der Waals surface area (Å²) in [7, 11) is 0. The zero-order valence-electron chi connectivity index (χ0n) is 14.2. The van der Waals surface area contributed by atoms with E-state index in [-0.39, 0.29) is 5.91 Å². The van der Waals surface area contributed by atoms with Crippen molar-refractivity contribution in [3.8, 4) is 5.82 Å². The molecular weight excluding hydrogens is 304 g/mol. The molecule has 1 aliphatic carbocycles. The molecule has 0 bridgehead atoms. The lowest BCUT2D eigenvalue weighted by molar-refractivity contribution is 0.0840. The molecule has 0 aliphatic heterocycles. The lowest BCUT2D eigenvalue weighted by atomic mass is 10.0. The zero-order valence-corrected chi connectivity index (χ0v) is 14.2. The van der Waals surface area contributed by atoms with Crippen LogP contribution in [0, 0.1) is 19.8 Å². The van der Waals surface area contributed by atoms with Crippen molar-refractivity contribution in [2.75, 3.05) is 6.54 Å². The van der Waals surface area contributed by atoms with Crippen molar-refractivity contribution in [1.29, 1.82) is 0 Å². The summed E-state index contributed by atoms with van der Waals surface area (Å²) >= 11 is 0. The van der Waals surface area contributed by atoms with Gasteiger partial charge in [-0.2, -0.15) is 5.10 Å². The highest BCUT2D eigenvalue weighted by molar-refractivity contribution is 5.93.